The Labute approximate surface area is 115 Å². The largest absolute Gasteiger partial charge is 0.283 e. The first-order valence-electron chi connectivity index (χ1n) is 6.15. The zero-order valence-electron chi connectivity index (χ0n) is 10.8. The summed E-state index contributed by atoms with van der Waals surface area (Å²) in [6, 6.07) is 7.54. The predicted octanol–water partition coefficient (Wildman–Crippen LogP) is 3.57. The highest BCUT2D eigenvalue weighted by Crippen LogP contribution is 2.27. The number of sulfonamides is 1. The van der Waals surface area contributed by atoms with Crippen molar-refractivity contribution >= 4 is 27.3 Å². The predicted molar refractivity (Wildman–Crippen MR) is 77.9 cm³/mol. The van der Waals surface area contributed by atoms with E-state index in [0.29, 0.717) is 23.9 Å². The zero-order valence-corrected chi connectivity index (χ0v) is 12.4. The second-order valence-corrected chi connectivity index (χ2v) is 6.58. The van der Waals surface area contributed by atoms with E-state index in [0.717, 1.165) is 12.0 Å². The van der Waals surface area contributed by atoms with Gasteiger partial charge in [0.1, 0.15) is 0 Å². The van der Waals surface area contributed by atoms with Gasteiger partial charge >= 0.3 is 0 Å². The van der Waals surface area contributed by atoms with Gasteiger partial charge in [0.15, 0.2) is 0 Å². The topological polar surface area (TPSA) is 46.2 Å². The van der Waals surface area contributed by atoms with Crippen molar-refractivity contribution in [1.82, 2.24) is 0 Å². The highest BCUT2D eigenvalue weighted by atomic mass is 35.5. The van der Waals surface area contributed by atoms with Crippen LogP contribution in [-0.4, -0.2) is 20.1 Å². The summed E-state index contributed by atoms with van der Waals surface area (Å²) in [6.45, 7) is 4.18. The summed E-state index contributed by atoms with van der Waals surface area (Å²) in [7, 11) is -3.30. The lowest BCUT2D eigenvalue weighted by Gasteiger charge is -2.16. The van der Waals surface area contributed by atoms with Crippen LogP contribution in [0.25, 0.3) is 0 Å². The molecule has 0 saturated carbocycles. The van der Waals surface area contributed by atoms with E-state index in [4.69, 9.17) is 11.6 Å². The van der Waals surface area contributed by atoms with Gasteiger partial charge in [0.2, 0.25) is 10.0 Å². The van der Waals surface area contributed by atoms with E-state index < -0.39 is 10.0 Å². The third kappa shape index (κ3) is 4.50. The van der Waals surface area contributed by atoms with Crippen LogP contribution < -0.4 is 4.72 Å². The Balaban J connectivity index is 2.90. The van der Waals surface area contributed by atoms with Crippen LogP contribution in [0.15, 0.2) is 24.3 Å². The van der Waals surface area contributed by atoms with E-state index >= 15 is 0 Å². The molecule has 3 nitrogen and oxygen atoms in total. The minimum absolute atomic E-state index is 0.0609. The Morgan fingerprint density at radius 3 is 2.61 bits per heavy atom. The van der Waals surface area contributed by atoms with E-state index in [1.165, 1.54) is 0 Å². The first-order valence-corrected chi connectivity index (χ1v) is 8.34. The second kappa shape index (κ2) is 7.00. The normalized spacial score (nSPS) is 13.3. The summed E-state index contributed by atoms with van der Waals surface area (Å²) in [4.78, 5) is 0. The molecule has 0 heterocycles. The molecule has 0 bridgehead atoms. The van der Waals surface area contributed by atoms with Gasteiger partial charge in [-0.25, -0.2) is 8.42 Å². The van der Waals surface area contributed by atoms with Crippen LogP contribution in [-0.2, 0) is 10.0 Å². The molecule has 5 heteroatoms. The molecule has 0 amide bonds. The molecule has 1 N–H and O–H groups in total. The number of benzene rings is 1. The number of rotatable bonds is 7. The number of halogens is 1. The molecule has 1 atom stereocenters. The van der Waals surface area contributed by atoms with Crippen molar-refractivity contribution in [3.63, 3.8) is 0 Å². The summed E-state index contributed by atoms with van der Waals surface area (Å²) in [5.41, 5.74) is 1.72. The highest BCUT2D eigenvalue weighted by molar-refractivity contribution is 7.92. The van der Waals surface area contributed by atoms with Crippen LogP contribution >= 0.6 is 11.6 Å². The Hall–Kier alpha value is -0.740. The minimum atomic E-state index is -3.30. The molecule has 1 aromatic rings. The Bertz CT molecular complexity index is 474. The fourth-order valence-electron chi connectivity index (χ4n) is 1.70. The summed E-state index contributed by atoms with van der Waals surface area (Å²) in [5.74, 6) is 0.746. The number of hydrogen-bond donors (Lipinski definition) is 1. The molecule has 1 rings (SSSR count). The highest BCUT2D eigenvalue weighted by Gasteiger charge is 2.14. The van der Waals surface area contributed by atoms with Gasteiger partial charge in [0, 0.05) is 5.88 Å². The summed E-state index contributed by atoms with van der Waals surface area (Å²) in [6.07, 6.45) is 1.43. The number of para-hydroxylation sites is 1. The Morgan fingerprint density at radius 2 is 2.00 bits per heavy atom. The van der Waals surface area contributed by atoms with Gasteiger partial charge in [-0.1, -0.05) is 32.0 Å². The van der Waals surface area contributed by atoms with Gasteiger partial charge in [-0.15, -0.1) is 11.6 Å². The van der Waals surface area contributed by atoms with E-state index in [2.05, 4.69) is 18.6 Å². The van der Waals surface area contributed by atoms with Crippen molar-refractivity contribution in [2.75, 3.05) is 16.4 Å². The molecule has 1 unspecified atom stereocenters. The first kappa shape index (κ1) is 15.3. The molecule has 0 fully saturated rings. The smallest absolute Gasteiger partial charge is 0.232 e. The number of hydrogen-bond acceptors (Lipinski definition) is 2. The van der Waals surface area contributed by atoms with Crippen molar-refractivity contribution in [2.24, 2.45) is 0 Å². The van der Waals surface area contributed by atoms with Crippen LogP contribution in [0.5, 0.6) is 0 Å². The lowest BCUT2D eigenvalue weighted by atomic mass is 9.97. The standard InChI is InChI=1S/C13H20ClNO2S/c1-3-11(2)12-7-4-5-8-13(12)15-18(16,17)10-6-9-14/h4-5,7-8,11,15H,3,6,9-10H2,1-2H3. The molecule has 18 heavy (non-hydrogen) atoms. The summed E-state index contributed by atoms with van der Waals surface area (Å²) < 4.78 is 26.4. The van der Waals surface area contributed by atoms with Gasteiger partial charge < -0.3 is 0 Å². The third-order valence-electron chi connectivity index (χ3n) is 2.92. The molecular formula is C13H20ClNO2S. The number of nitrogens with one attached hydrogen (secondary N) is 1. The average Bonchev–Trinajstić information content (AvgIpc) is 2.36. The first-order chi connectivity index (χ1) is 8.50. The van der Waals surface area contributed by atoms with Gasteiger partial charge in [-0.2, -0.15) is 0 Å². The van der Waals surface area contributed by atoms with E-state index in [9.17, 15) is 8.42 Å². The second-order valence-electron chi connectivity index (χ2n) is 4.36. The molecule has 0 aliphatic rings. The molecule has 0 aliphatic heterocycles. The third-order valence-corrected chi connectivity index (χ3v) is 4.54. The Kier molecular flexibility index (Phi) is 5.96. The molecule has 0 radical (unpaired) electrons. The monoisotopic (exact) mass is 289 g/mol. The molecule has 0 saturated heterocycles. The zero-order chi connectivity index (χ0) is 13.6. The maximum atomic E-state index is 11.9. The molecule has 1 aromatic carbocycles. The van der Waals surface area contributed by atoms with E-state index in [1.54, 1.807) is 6.07 Å². The van der Waals surface area contributed by atoms with E-state index in [1.807, 2.05) is 18.2 Å². The van der Waals surface area contributed by atoms with Crippen LogP contribution in [0, 0.1) is 0 Å². The molecule has 0 aromatic heterocycles. The fraction of sp³-hybridized carbons (Fsp3) is 0.538. The van der Waals surface area contributed by atoms with Crippen LogP contribution in [0.4, 0.5) is 5.69 Å². The van der Waals surface area contributed by atoms with Gasteiger partial charge in [-0.05, 0) is 30.4 Å². The van der Waals surface area contributed by atoms with Gasteiger partial charge in [0.25, 0.3) is 0 Å². The molecule has 0 aliphatic carbocycles. The van der Waals surface area contributed by atoms with Crippen molar-refractivity contribution in [3.05, 3.63) is 29.8 Å². The number of alkyl halides is 1. The van der Waals surface area contributed by atoms with Crippen LogP contribution in [0.1, 0.15) is 38.2 Å². The maximum absolute atomic E-state index is 11.9. The van der Waals surface area contributed by atoms with Gasteiger partial charge in [-0.3, -0.25) is 4.72 Å². The molecule has 0 spiro atoms. The lowest BCUT2D eigenvalue weighted by molar-refractivity contribution is 0.600. The van der Waals surface area contributed by atoms with Gasteiger partial charge in [0.05, 0.1) is 11.4 Å². The Morgan fingerprint density at radius 1 is 1.33 bits per heavy atom. The maximum Gasteiger partial charge on any atom is 0.232 e. The van der Waals surface area contributed by atoms with Crippen molar-refractivity contribution in [1.29, 1.82) is 0 Å². The fourth-order valence-corrected chi connectivity index (χ4v) is 3.14. The van der Waals surface area contributed by atoms with Crippen LogP contribution in [0.2, 0.25) is 0 Å². The number of anilines is 1. The molecule has 102 valence electrons. The molecular weight excluding hydrogens is 270 g/mol. The summed E-state index contributed by atoms with van der Waals surface area (Å²) in [5, 5.41) is 0. The minimum Gasteiger partial charge on any atom is -0.283 e. The average molecular weight is 290 g/mol. The lowest BCUT2D eigenvalue weighted by Crippen LogP contribution is -2.18. The summed E-state index contributed by atoms with van der Waals surface area (Å²) >= 11 is 5.52. The van der Waals surface area contributed by atoms with Crippen molar-refractivity contribution < 1.29 is 8.42 Å². The van der Waals surface area contributed by atoms with E-state index in [-0.39, 0.29) is 5.75 Å². The SMILES string of the molecule is CCC(C)c1ccccc1NS(=O)(=O)CCCCl. The quantitative estimate of drug-likeness (QED) is 0.780. The van der Waals surface area contributed by atoms with Crippen LogP contribution in [0.3, 0.4) is 0 Å². The van der Waals surface area contributed by atoms with Crippen molar-refractivity contribution in [3.8, 4) is 0 Å². The van der Waals surface area contributed by atoms with Crippen molar-refractivity contribution in [2.45, 2.75) is 32.6 Å².